The van der Waals surface area contributed by atoms with Crippen LogP contribution in [0.5, 0.6) is 11.5 Å². The van der Waals surface area contributed by atoms with E-state index >= 15 is 0 Å². The topological polar surface area (TPSA) is 92.0 Å². The van der Waals surface area contributed by atoms with E-state index in [4.69, 9.17) is 30.2 Å². The van der Waals surface area contributed by atoms with Gasteiger partial charge in [-0.25, -0.2) is 4.79 Å². The second kappa shape index (κ2) is 10.4. The van der Waals surface area contributed by atoms with E-state index in [0.29, 0.717) is 27.6 Å². The number of hydrogen-bond acceptors (Lipinski definition) is 7. The fraction of sp³-hybridized carbons (Fsp3) is 0.148. The van der Waals surface area contributed by atoms with Crippen molar-refractivity contribution in [3.63, 3.8) is 0 Å². The first-order chi connectivity index (χ1) is 16.9. The Balaban J connectivity index is 1.74. The lowest BCUT2D eigenvalue weighted by Crippen LogP contribution is -2.15. The minimum Gasteiger partial charge on any atom is -0.496 e. The molecule has 8 heteroatoms. The number of ketones is 1. The third-order valence-electron chi connectivity index (χ3n) is 5.24. The Morgan fingerprint density at radius 3 is 2.46 bits per heavy atom. The van der Waals surface area contributed by atoms with Gasteiger partial charge in [0.25, 0.3) is 0 Å². The first-order valence-corrected chi connectivity index (χ1v) is 11.1. The number of benzene rings is 3. The largest absolute Gasteiger partial charge is 0.496 e. The van der Waals surface area contributed by atoms with Gasteiger partial charge in [0.2, 0.25) is 11.2 Å². The van der Waals surface area contributed by atoms with Crippen LogP contribution in [0.3, 0.4) is 0 Å². The average Bonchev–Trinajstić information content (AvgIpc) is 2.87. The first kappa shape index (κ1) is 24.0. The molecule has 0 radical (unpaired) electrons. The van der Waals surface area contributed by atoms with Gasteiger partial charge in [0, 0.05) is 22.2 Å². The van der Waals surface area contributed by atoms with Gasteiger partial charge in [0.05, 0.1) is 24.7 Å². The van der Waals surface area contributed by atoms with Crippen LogP contribution in [0, 0.1) is 0 Å². The van der Waals surface area contributed by atoms with Crippen molar-refractivity contribution in [3.8, 4) is 22.6 Å². The normalized spacial score (nSPS) is 10.7. The summed E-state index contributed by atoms with van der Waals surface area (Å²) in [5, 5.41) is 0.757. The second-order valence-electron chi connectivity index (χ2n) is 7.43. The number of Topliss-reactive ketones (excluding diaryl/α,β-unsaturated/α-hetero) is 1. The van der Waals surface area contributed by atoms with Gasteiger partial charge < -0.3 is 18.6 Å². The Kier molecular flexibility index (Phi) is 7.17. The maximum Gasteiger partial charge on any atom is 0.375 e. The Hall–Kier alpha value is -4.10. The molecule has 0 bridgehead atoms. The third-order valence-corrected chi connectivity index (χ3v) is 5.49. The van der Waals surface area contributed by atoms with Crippen LogP contribution >= 0.6 is 11.6 Å². The number of fused-ring (bicyclic) bond motifs is 1. The van der Waals surface area contributed by atoms with Crippen molar-refractivity contribution >= 4 is 34.3 Å². The summed E-state index contributed by atoms with van der Waals surface area (Å²) < 4.78 is 22.0. The van der Waals surface area contributed by atoms with Gasteiger partial charge in [-0.05, 0) is 49.4 Å². The number of methoxy groups -OCH3 is 1. The molecule has 0 aliphatic carbocycles. The Morgan fingerprint density at radius 2 is 1.74 bits per heavy atom. The van der Waals surface area contributed by atoms with Crippen LogP contribution in [-0.2, 0) is 4.74 Å². The van der Waals surface area contributed by atoms with Gasteiger partial charge in [0.1, 0.15) is 17.1 Å². The van der Waals surface area contributed by atoms with Crippen LogP contribution in [0.25, 0.3) is 22.1 Å². The first-order valence-electron chi connectivity index (χ1n) is 10.8. The highest BCUT2D eigenvalue weighted by Crippen LogP contribution is 2.33. The molecule has 7 nitrogen and oxygen atoms in total. The van der Waals surface area contributed by atoms with Gasteiger partial charge in [-0.1, -0.05) is 29.8 Å². The van der Waals surface area contributed by atoms with Crippen LogP contribution in [-0.4, -0.2) is 32.1 Å². The van der Waals surface area contributed by atoms with E-state index in [1.807, 2.05) is 0 Å². The van der Waals surface area contributed by atoms with Crippen LogP contribution in [0.15, 0.2) is 75.9 Å². The molecule has 178 valence electrons. The van der Waals surface area contributed by atoms with E-state index < -0.39 is 11.4 Å². The molecule has 3 aromatic carbocycles. The maximum atomic E-state index is 13.5. The number of esters is 1. The predicted molar refractivity (Wildman–Crippen MR) is 132 cm³/mol. The summed E-state index contributed by atoms with van der Waals surface area (Å²) in [7, 11) is 1.47. The highest BCUT2D eigenvalue weighted by Gasteiger charge is 2.25. The van der Waals surface area contributed by atoms with Crippen LogP contribution in [0.4, 0.5) is 0 Å². The molecule has 0 spiro atoms. The van der Waals surface area contributed by atoms with Gasteiger partial charge in [-0.15, -0.1) is 0 Å². The van der Waals surface area contributed by atoms with Crippen molar-refractivity contribution in [2.45, 2.75) is 6.92 Å². The van der Waals surface area contributed by atoms with E-state index in [0.717, 1.165) is 0 Å². The lowest BCUT2D eigenvalue weighted by molar-refractivity contribution is 0.0492. The van der Waals surface area contributed by atoms with Crippen molar-refractivity contribution < 1.29 is 28.2 Å². The molecule has 4 aromatic rings. The van der Waals surface area contributed by atoms with Crippen molar-refractivity contribution in [3.05, 3.63) is 93.3 Å². The molecular weight excluding hydrogens is 472 g/mol. The fourth-order valence-electron chi connectivity index (χ4n) is 3.57. The summed E-state index contributed by atoms with van der Waals surface area (Å²) in [6, 6.07) is 17.8. The van der Waals surface area contributed by atoms with E-state index in [1.165, 1.54) is 19.2 Å². The molecule has 0 aliphatic heterocycles. The van der Waals surface area contributed by atoms with E-state index in [9.17, 15) is 14.4 Å². The number of para-hydroxylation sites is 1. The van der Waals surface area contributed by atoms with Crippen molar-refractivity contribution in [2.24, 2.45) is 0 Å². The molecule has 0 amide bonds. The quantitative estimate of drug-likeness (QED) is 0.235. The molecule has 0 saturated heterocycles. The van der Waals surface area contributed by atoms with Crippen molar-refractivity contribution in [1.29, 1.82) is 0 Å². The fourth-order valence-corrected chi connectivity index (χ4v) is 3.69. The lowest BCUT2D eigenvalue weighted by Gasteiger charge is -2.13. The molecule has 0 aliphatic rings. The Labute approximate surface area is 205 Å². The number of ether oxygens (including phenoxy) is 3. The summed E-state index contributed by atoms with van der Waals surface area (Å²) in [6.07, 6.45) is 0. The molecule has 0 atom stereocenters. The van der Waals surface area contributed by atoms with Crippen LogP contribution in [0.1, 0.15) is 27.8 Å². The van der Waals surface area contributed by atoms with Crippen molar-refractivity contribution in [1.82, 2.24) is 0 Å². The SMILES string of the molecule is CCOC(=O)c1oc2cc(OCC(=O)c3ccc(Cl)cc3)ccc2c(=O)c1-c1ccccc1OC. The predicted octanol–water partition coefficient (Wildman–Crippen LogP) is 5.56. The van der Waals surface area contributed by atoms with E-state index in [-0.39, 0.29) is 41.3 Å². The Bertz CT molecular complexity index is 1460. The number of halogens is 1. The molecule has 1 heterocycles. The summed E-state index contributed by atoms with van der Waals surface area (Å²) in [5.74, 6) is -0.574. The second-order valence-corrected chi connectivity index (χ2v) is 7.87. The molecule has 4 rings (SSSR count). The summed E-state index contributed by atoms with van der Waals surface area (Å²) in [6.45, 7) is 1.52. The van der Waals surface area contributed by atoms with E-state index in [1.54, 1.807) is 61.5 Å². The maximum absolute atomic E-state index is 13.5. The zero-order valence-corrected chi connectivity index (χ0v) is 19.8. The summed E-state index contributed by atoms with van der Waals surface area (Å²) in [4.78, 5) is 38.6. The molecule has 0 fully saturated rings. The minimum atomic E-state index is -0.781. The molecule has 0 unspecified atom stereocenters. The van der Waals surface area contributed by atoms with Gasteiger partial charge in [0.15, 0.2) is 12.4 Å². The van der Waals surface area contributed by atoms with Crippen LogP contribution < -0.4 is 14.9 Å². The standard InChI is InChI=1S/C27H21ClO7/c1-3-33-27(31)26-24(19-6-4-5-7-22(19)32-2)25(30)20-13-12-18(14-23(20)35-26)34-15-21(29)16-8-10-17(28)11-9-16/h4-14H,3,15H2,1-2H3. The highest BCUT2D eigenvalue weighted by atomic mass is 35.5. The minimum absolute atomic E-state index is 0.0417. The summed E-state index contributed by atoms with van der Waals surface area (Å²) >= 11 is 5.86. The smallest absolute Gasteiger partial charge is 0.375 e. The zero-order valence-electron chi connectivity index (χ0n) is 19.0. The molecule has 0 N–H and O–H groups in total. The van der Waals surface area contributed by atoms with Gasteiger partial charge in [-0.2, -0.15) is 0 Å². The number of rotatable bonds is 8. The monoisotopic (exact) mass is 492 g/mol. The van der Waals surface area contributed by atoms with Crippen LogP contribution in [0.2, 0.25) is 5.02 Å². The van der Waals surface area contributed by atoms with Crippen molar-refractivity contribution in [2.75, 3.05) is 20.3 Å². The summed E-state index contributed by atoms with van der Waals surface area (Å²) in [5.41, 5.74) is 0.589. The zero-order chi connectivity index (χ0) is 24.9. The van der Waals surface area contributed by atoms with Gasteiger partial charge in [-0.3, -0.25) is 9.59 Å². The lowest BCUT2D eigenvalue weighted by atomic mass is 10.0. The number of hydrogen-bond donors (Lipinski definition) is 0. The van der Waals surface area contributed by atoms with E-state index in [2.05, 4.69) is 0 Å². The number of carbonyl (C=O) groups excluding carboxylic acids is 2. The molecule has 35 heavy (non-hydrogen) atoms. The molecule has 1 aromatic heterocycles. The molecule has 0 saturated carbocycles. The molecular formula is C27H21ClO7. The third kappa shape index (κ3) is 5.05. The van der Waals surface area contributed by atoms with Gasteiger partial charge >= 0.3 is 5.97 Å². The highest BCUT2D eigenvalue weighted by molar-refractivity contribution is 6.30. The average molecular weight is 493 g/mol. The number of carbonyl (C=O) groups is 2. The Morgan fingerprint density at radius 1 is 1.00 bits per heavy atom.